The second-order valence-corrected chi connectivity index (χ2v) is 5.15. The molecule has 7 nitrogen and oxygen atoms in total. The molecular weight excluding hydrogens is 348 g/mol. The molecule has 0 fully saturated rings. The van der Waals surface area contributed by atoms with Crippen LogP contribution in [0.1, 0.15) is 22.4 Å². The van der Waals surface area contributed by atoms with Crippen molar-refractivity contribution in [2.75, 3.05) is 0 Å². The van der Waals surface area contributed by atoms with Crippen LogP contribution in [-0.2, 0) is 24.4 Å². The maximum atomic E-state index is 10.4. The number of aliphatic hydroxyl groups excluding tert-OH is 2. The summed E-state index contributed by atoms with van der Waals surface area (Å²) in [5.74, 6) is -0.997. The van der Waals surface area contributed by atoms with Crippen molar-refractivity contribution in [2.24, 2.45) is 5.73 Å². The third kappa shape index (κ3) is 7.06. The molecule has 0 bridgehead atoms. The van der Waals surface area contributed by atoms with Crippen LogP contribution in [0.3, 0.4) is 0 Å². The van der Waals surface area contributed by atoms with Crippen LogP contribution >= 0.6 is 12.4 Å². The first kappa shape index (κ1) is 22.8. The zero-order valence-corrected chi connectivity index (χ0v) is 14.6. The predicted octanol–water partition coefficient (Wildman–Crippen LogP) is 1.14. The number of hydrogen-bond donors (Lipinski definition) is 5. The van der Waals surface area contributed by atoms with Gasteiger partial charge >= 0.3 is 5.97 Å². The van der Waals surface area contributed by atoms with E-state index in [1.165, 1.54) is 6.20 Å². The Morgan fingerprint density at radius 3 is 2.28 bits per heavy atom. The van der Waals surface area contributed by atoms with Gasteiger partial charge in [0.15, 0.2) is 0 Å². The number of pyridine rings is 1. The zero-order chi connectivity index (χ0) is 18.1. The van der Waals surface area contributed by atoms with E-state index in [-0.39, 0.29) is 31.4 Å². The second-order valence-electron chi connectivity index (χ2n) is 5.15. The molecular formula is C17H23ClN2O5. The van der Waals surface area contributed by atoms with Crippen LogP contribution in [0.15, 0.2) is 36.5 Å². The van der Waals surface area contributed by atoms with Gasteiger partial charge in [-0.25, -0.2) is 0 Å². The van der Waals surface area contributed by atoms with Crippen molar-refractivity contribution >= 4 is 18.4 Å². The van der Waals surface area contributed by atoms with E-state index in [0.717, 1.165) is 5.56 Å². The van der Waals surface area contributed by atoms with Crippen molar-refractivity contribution in [1.29, 1.82) is 0 Å². The molecule has 8 heteroatoms. The summed E-state index contributed by atoms with van der Waals surface area (Å²) in [4.78, 5) is 14.2. The number of aromatic nitrogens is 1. The summed E-state index contributed by atoms with van der Waals surface area (Å²) in [6, 6.07) is 8.54. The van der Waals surface area contributed by atoms with Gasteiger partial charge in [-0.3, -0.25) is 9.78 Å². The van der Waals surface area contributed by atoms with Crippen LogP contribution in [0.25, 0.3) is 0 Å². The summed E-state index contributed by atoms with van der Waals surface area (Å²) in [6.45, 7) is 1.12. The minimum absolute atomic E-state index is 0. The fourth-order valence-electron chi connectivity index (χ4n) is 1.95. The van der Waals surface area contributed by atoms with Gasteiger partial charge in [-0.15, -0.1) is 12.4 Å². The molecule has 1 atom stereocenters. The molecule has 0 spiro atoms. The van der Waals surface area contributed by atoms with Gasteiger partial charge in [0.05, 0.1) is 18.9 Å². The number of rotatable bonds is 5. The van der Waals surface area contributed by atoms with Crippen LogP contribution < -0.4 is 5.73 Å². The number of hydrogen-bond acceptors (Lipinski definition) is 6. The van der Waals surface area contributed by atoms with Crippen LogP contribution in [-0.4, -0.2) is 37.4 Å². The smallest absolute Gasteiger partial charge is 0.320 e. The van der Waals surface area contributed by atoms with Crippen molar-refractivity contribution in [3.63, 3.8) is 0 Å². The summed E-state index contributed by atoms with van der Waals surface area (Å²) in [5, 5.41) is 35.6. The van der Waals surface area contributed by atoms with E-state index in [0.29, 0.717) is 23.2 Å². The predicted molar refractivity (Wildman–Crippen MR) is 95.5 cm³/mol. The first-order valence-electron chi connectivity index (χ1n) is 7.31. The number of nitrogens with zero attached hydrogens (tertiary/aromatic N) is 1. The summed E-state index contributed by atoms with van der Waals surface area (Å²) >= 11 is 0. The van der Waals surface area contributed by atoms with Gasteiger partial charge in [0.2, 0.25) is 0 Å². The number of halogens is 1. The monoisotopic (exact) mass is 370 g/mol. The van der Waals surface area contributed by atoms with E-state index in [4.69, 9.17) is 21.1 Å². The number of carboxylic acids is 1. The molecule has 0 saturated carbocycles. The largest absolute Gasteiger partial charge is 0.506 e. The van der Waals surface area contributed by atoms with E-state index in [9.17, 15) is 9.90 Å². The van der Waals surface area contributed by atoms with Gasteiger partial charge in [-0.2, -0.15) is 0 Å². The Kier molecular flexibility index (Phi) is 10.4. The van der Waals surface area contributed by atoms with Gasteiger partial charge in [0, 0.05) is 17.3 Å². The molecule has 2 aromatic rings. The highest BCUT2D eigenvalue weighted by Gasteiger charge is 2.11. The number of aromatic hydroxyl groups is 1. The lowest BCUT2D eigenvalue weighted by Crippen LogP contribution is -2.32. The lowest BCUT2D eigenvalue weighted by Gasteiger charge is -2.07. The third-order valence-corrected chi connectivity index (χ3v) is 3.37. The van der Waals surface area contributed by atoms with Crippen molar-refractivity contribution in [3.8, 4) is 5.75 Å². The fraction of sp³-hybridized carbons (Fsp3) is 0.294. The van der Waals surface area contributed by atoms with E-state index in [1.54, 1.807) is 6.92 Å². The van der Waals surface area contributed by atoms with Crippen molar-refractivity contribution in [2.45, 2.75) is 32.6 Å². The molecule has 1 aromatic heterocycles. The van der Waals surface area contributed by atoms with E-state index >= 15 is 0 Å². The molecule has 0 aliphatic heterocycles. The molecule has 0 aliphatic carbocycles. The van der Waals surface area contributed by atoms with E-state index in [1.807, 2.05) is 30.3 Å². The van der Waals surface area contributed by atoms with Gasteiger partial charge in [0.25, 0.3) is 0 Å². The lowest BCUT2D eigenvalue weighted by atomic mass is 10.1. The number of carboxylic acid groups (broad SMARTS) is 1. The normalized spacial score (nSPS) is 10.9. The summed E-state index contributed by atoms with van der Waals surface area (Å²) in [6.07, 6.45) is 1.83. The molecule has 1 aromatic carbocycles. The van der Waals surface area contributed by atoms with Gasteiger partial charge in [-0.1, -0.05) is 30.3 Å². The Morgan fingerprint density at radius 2 is 1.80 bits per heavy atom. The van der Waals surface area contributed by atoms with Crippen molar-refractivity contribution in [1.82, 2.24) is 4.98 Å². The molecule has 2 rings (SSSR count). The van der Waals surface area contributed by atoms with E-state index < -0.39 is 12.0 Å². The highest BCUT2D eigenvalue weighted by Crippen LogP contribution is 2.23. The average Bonchev–Trinajstić information content (AvgIpc) is 2.58. The molecule has 1 unspecified atom stereocenters. The van der Waals surface area contributed by atoms with Crippen molar-refractivity contribution in [3.05, 3.63) is 58.9 Å². The van der Waals surface area contributed by atoms with Crippen LogP contribution in [0.2, 0.25) is 0 Å². The Morgan fingerprint density at radius 1 is 1.20 bits per heavy atom. The topological polar surface area (TPSA) is 137 Å². The fourth-order valence-corrected chi connectivity index (χ4v) is 1.95. The van der Waals surface area contributed by atoms with Crippen LogP contribution in [0.5, 0.6) is 5.75 Å². The van der Waals surface area contributed by atoms with E-state index in [2.05, 4.69) is 4.98 Å². The molecule has 0 saturated heterocycles. The molecule has 0 amide bonds. The van der Waals surface area contributed by atoms with Crippen LogP contribution in [0.4, 0.5) is 0 Å². The Balaban J connectivity index is 0.000000443. The van der Waals surface area contributed by atoms with Crippen LogP contribution in [0, 0.1) is 6.92 Å². The third-order valence-electron chi connectivity index (χ3n) is 3.37. The molecule has 0 aliphatic rings. The number of benzene rings is 1. The number of aliphatic hydroxyl groups is 2. The molecule has 25 heavy (non-hydrogen) atoms. The first-order valence-corrected chi connectivity index (χ1v) is 7.31. The maximum Gasteiger partial charge on any atom is 0.320 e. The van der Waals surface area contributed by atoms with Crippen molar-refractivity contribution < 1.29 is 25.2 Å². The molecule has 138 valence electrons. The second kappa shape index (κ2) is 11.4. The highest BCUT2D eigenvalue weighted by molar-refractivity contribution is 5.85. The Hall–Kier alpha value is -2.19. The number of aryl methyl sites for hydroxylation is 1. The standard InChI is InChI=1S/C9H11NO2.C8H11NO3.ClH/c10-8(9(11)12)6-7-4-2-1-3-5-7;1-5-8(12)7(4-11)6(3-10)2-9-5;/h1-5,8H,6,10H2,(H,11,12);2,10-12H,3-4H2,1H3;1H. The molecule has 0 radical (unpaired) electrons. The molecule has 1 heterocycles. The minimum atomic E-state index is -0.959. The minimum Gasteiger partial charge on any atom is -0.506 e. The quantitative estimate of drug-likeness (QED) is 0.532. The van der Waals surface area contributed by atoms with Gasteiger partial charge in [0.1, 0.15) is 11.8 Å². The molecule has 6 N–H and O–H groups in total. The summed E-state index contributed by atoms with van der Waals surface area (Å²) in [5.41, 5.74) is 7.57. The Labute approximate surface area is 152 Å². The average molecular weight is 371 g/mol. The zero-order valence-electron chi connectivity index (χ0n) is 13.8. The van der Waals surface area contributed by atoms with Gasteiger partial charge in [-0.05, 0) is 18.9 Å². The summed E-state index contributed by atoms with van der Waals surface area (Å²) in [7, 11) is 0. The summed E-state index contributed by atoms with van der Waals surface area (Å²) < 4.78 is 0. The number of aliphatic carboxylic acids is 1. The maximum absolute atomic E-state index is 10.4. The lowest BCUT2D eigenvalue weighted by molar-refractivity contribution is -0.138. The highest BCUT2D eigenvalue weighted by atomic mass is 35.5. The number of nitrogens with two attached hydrogens (primary N) is 1. The Bertz CT molecular complexity index is 668. The van der Waals surface area contributed by atoms with Gasteiger partial charge < -0.3 is 26.2 Å². The number of carbonyl (C=O) groups is 1. The first-order chi connectivity index (χ1) is 11.4. The SMILES string of the molecule is Cc1ncc(CO)c(CO)c1O.Cl.NC(Cc1ccccc1)C(=O)O.